The molecule has 0 amide bonds. The normalized spacial score (nSPS) is 11.7. The minimum atomic E-state index is -0.252. The molecule has 0 radical (unpaired) electrons. The summed E-state index contributed by atoms with van der Waals surface area (Å²) in [6, 6.07) is 50.2. The molecule has 0 fully saturated rings. The van der Waals surface area contributed by atoms with Gasteiger partial charge in [-0.1, -0.05) is 139 Å². The van der Waals surface area contributed by atoms with E-state index in [2.05, 4.69) is 157 Å². The Bertz CT molecular complexity index is 2630. The maximum absolute atomic E-state index is 16.3. The van der Waals surface area contributed by atoms with Crippen molar-refractivity contribution in [1.82, 2.24) is 4.40 Å². The Morgan fingerprint density at radius 3 is 1.42 bits per heavy atom. The van der Waals surface area contributed by atoms with Crippen LogP contribution < -0.4 is 4.57 Å². The number of halogens is 1. The number of hydrogen-bond acceptors (Lipinski definition) is 0. The van der Waals surface area contributed by atoms with Gasteiger partial charge in [-0.25, -0.2) is 8.96 Å². The Balaban J connectivity index is 1.57. The van der Waals surface area contributed by atoms with Crippen LogP contribution in [-0.4, -0.2) is 4.40 Å². The molecule has 0 N–H and O–H groups in total. The number of rotatable bonds is 6. The van der Waals surface area contributed by atoms with Crippen molar-refractivity contribution < 1.29 is 8.96 Å². The summed E-state index contributed by atoms with van der Waals surface area (Å²) in [5.74, 6) is -0.252. The topological polar surface area (TPSA) is 8.29 Å². The molecule has 0 aliphatic heterocycles. The molecular weight excluding hydrogens is 612 g/mol. The van der Waals surface area contributed by atoms with E-state index in [1.165, 1.54) is 22.3 Å². The lowest BCUT2D eigenvalue weighted by atomic mass is 9.87. The highest BCUT2D eigenvalue weighted by Gasteiger charge is 2.34. The summed E-state index contributed by atoms with van der Waals surface area (Å²) in [6.45, 7) is 7.31. The van der Waals surface area contributed by atoms with Crippen LogP contribution in [0.1, 0.15) is 22.3 Å². The molecular formula is C47H36FN2+. The van der Waals surface area contributed by atoms with Gasteiger partial charge in [-0.15, -0.1) is 0 Å². The number of hydrogen-bond donors (Lipinski definition) is 0. The van der Waals surface area contributed by atoms with Gasteiger partial charge in [0.2, 0.25) is 0 Å². The second-order valence-corrected chi connectivity index (χ2v) is 13.5. The summed E-state index contributed by atoms with van der Waals surface area (Å²) in [7, 11) is 0. The van der Waals surface area contributed by atoms with Gasteiger partial charge in [-0.3, -0.25) is 0 Å². The van der Waals surface area contributed by atoms with E-state index in [9.17, 15) is 0 Å². The minimum Gasteiger partial charge on any atom is -0.225 e. The van der Waals surface area contributed by atoms with Crippen molar-refractivity contribution in [3.63, 3.8) is 0 Å². The van der Waals surface area contributed by atoms with Gasteiger partial charge >= 0.3 is 0 Å². The molecule has 0 bridgehead atoms. The van der Waals surface area contributed by atoms with E-state index in [1.54, 1.807) is 12.1 Å². The third-order valence-electron chi connectivity index (χ3n) is 10.2. The molecule has 0 unspecified atom stereocenters. The van der Waals surface area contributed by atoms with Crippen LogP contribution >= 0.6 is 0 Å². The molecule has 3 aromatic heterocycles. The van der Waals surface area contributed by atoms with E-state index in [4.69, 9.17) is 0 Å². The molecule has 240 valence electrons. The van der Waals surface area contributed by atoms with Crippen molar-refractivity contribution in [2.75, 3.05) is 0 Å². The van der Waals surface area contributed by atoms with Crippen LogP contribution in [0.2, 0.25) is 0 Å². The third kappa shape index (κ3) is 4.73. The second-order valence-electron chi connectivity index (χ2n) is 13.5. The predicted octanol–water partition coefficient (Wildman–Crippen LogP) is 11.8. The lowest BCUT2D eigenvalue weighted by Crippen LogP contribution is -2.34. The molecule has 9 aromatic rings. The van der Waals surface area contributed by atoms with Crippen molar-refractivity contribution in [2.45, 2.75) is 27.3 Å². The number of pyridine rings is 2. The van der Waals surface area contributed by atoms with Crippen molar-refractivity contribution in [1.29, 1.82) is 0 Å². The molecule has 0 spiro atoms. The Hall–Kier alpha value is -6.06. The highest BCUT2D eigenvalue weighted by Crippen LogP contribution is 2.49. The highest BCUT2D eigenvalue weighted by molar-refractivity contribution is 6.19. The van der Waals surface area contributed by atoms with Crippen LogP contribution in [-0.2, 0) is 6.54 Å². The van der Waals surface area contributed by atoms with Gasteiger partial charge in [0.15, 0.2) is 5.52 Å². The summed E-state index contributed by atoms with van der Waals surface area (Å²) < 4.78 is 21.2. The van der Waals surface area contributed by atoms with Crippen LogP contribution in [0.3, 0.4) is 0 Å². The van der Waals surface area contributed by atoms with Gasteiger partial charge in [0.25, 0.3) is 5.65 Å². The van der Waals surface area contributed by atoms with Gasteiger partial charge < -0.3 is 0 Å². The fraction of sp³-hybridized carbons (Fsp3) is 0.0851. The summed E-state index contributed by atoms with van der Waals surface area (Å²) in [5.41, 5.74) is 16.9. The lowest BCUT2D eigenvalue weighted by molar-refractivity contribution is -0.661. The summed E-state index contributed by atoms with van der Waals surface area (Å²) in [5, 5.41) is 1.79. The fourth-order valence-electron chi connectivity index (χ4n) is 8.23. The molecule has 50 heavy (non-hydrogen) atoms. The molecule has 0 saturated carbocycles. The average Bonchev–Trinajstić information content (AvgIpc) is 3.51. The molecule has 2 nitrogen and oxygen atoms in total. The van der Waals surface area contributed by atoms with E-state index in [0.717, 1.165) is 72.0 Å². The Kier molecular flexibility index (Phi) is 7.10. The fourth-order valence-corrected chi connectivity index (χ4v) is 8.23. The molecule has 3 heteroatoms. The van der Waals surface area contributed by atoms with E-state index in [0.29, 0.717) is 6.54 Å². The van der Waals surface area contributed by atoms with Crippen LogP contribution in [0, 0.1) is 26.6 Å². The molecule has 0 saturated heterocycles. The van der Waals surface area contributed by atoms with E-state index < -0.39 is 0 Å². The monoisotopic (exact) mass is 647 g/mol. The molecule has 3 heterocycles. The molecule has 9 rings (SSSR count). The number of nitrogens with zero attached hydrogens (tertiary/aromatic N) is 2. The summed E-state index contributed by atoms with van der Waals surface area (Å²) >= 11 is 0. The van der Waals surface area contributed by atoms with Gasteiger partial charge in [0.1, 0.15) is 24.1 Å². The third-order valence-corrected chi connectivity index (χ3v) is 10.2. The standard InChI is InChI=1S/C47H36FN2/c1-30-24-31(2)40(32(3)25-30)28-49-29-41-44(35-20-12-6-13-21-35)42(33-16-8-4-9-17-33)38-26-37(48)27-39-43(34-18-10-5-11-19-34)45(36-22-14-7-15-23-36)47(49)50(41)46(38)39/h4-27,29H,28H2,1-3H3/q+1. The van der Waals surface area contributed by atoms with Gasteiger partial charge in [-0.2, -0.15) is 4.40 Å². The first-order chi connectivity index (χ1) is 24.5. The molecule has 6 aromatic carbocycles. The van der Waals surface area contributed by atoms with Gasteiger partial charge in [0, 0.05) is 27.5 Å². The van der Waals surface area contributed by atoms with Crippen LogP contribution in [0.15, 0.2) is 152 Å². The zero-order chi connectivity index (χ0) is 33.9. The Morgan fingerprint density at radius 2 is 0.940 bits per heavy atom. The minimum absolute atomic E-state index is 0.252. The van der Waals surface area contributed by atoms with Crippen molar-refractivity contribution >= 4 is 27.5 Å². The molecule has 0 atom stereocenters. The van der Waals surface area contributed by atoms with Gasteiger partial charge in [0.05, 0.1) is 5.56 Å². The number of aromatic nitrogens is 2. The van der Waals surface area contributed by atoms with Gasteiger partial charge in [-0.05, 0) is 71.8 Å². The highest BCUT2D eigenvalue weighted by atomic mass is 19.1. The number of benzene rings is 6. The zero-order valence-corrected chi connectivity index (χ0v) is 28.4. The number of aryl methyl sites for hydroxylation is 3. The van der Waals surface area contributed by atoms with Crippen molar-refractivity contribution in [2.24, 2.45) is 0 Å². The first-order valence-corrected chi connectivity index (χ1v) is 17.3. The number of imidazole rings is 1. The first-order valence-electron chi connectivity index (χ1n) is 17.3. The largest absolute Gasteiger partial charge is 0.296 e. The van der Waals surface area contributed by atoms with Crippen molar-refractivity contribution in [3.8, 4) is 44.5 Å². The zero-order valence-electron chi connectivity index (χ0n) is 28.4. The van der Waals surface area contributed by atoms with Crippen LogP contribution in [0.25, 0.3) is 72.0 Å². The van der Waals surface area contributed by atoms with Crippen LogP contribution in [0.5, 0.6) is 0 Å². The predicted molar refractivity (Wildman–Crippen MR) is 205 cm³/mol. The Morgan fingerprint density at radius 1 is 0.520 bits per heavy atom. The van der Waals surface area contributed by atoms with Crippen molar-refractivity contribution in [3.05, 3.63) is 180 Å². The van der Waals surface area contributed by atoms with Crippen LogP contribution in [0.4, 0.5) is 4.39 Å². The smallest absolute Gasteiger partial charge is 0.225 e. The second kappa shape index (κ2) is 11.8. The maximum atomic E-state index is 16.3. The van der Waals surface area contributed by atoms with E-state index in [-0.39, 0.29) is 5.82 Å². The SMILES string of the molecule is Cc1cc(C)c(C[n+]2cc3c(-c4ccccc4)c(-c4ccccc4)c4cc(F)cc5c(-c6ccccc6)c(-c6ccccc6)c2n3c45)c(C)c1. The quantitative estimate of drug-likeness (QED) is 0.159. The molecule has 0 aliphatic rings. The summed E-state index contributed by atoms with van der Waals surface area (Å²) in [6.07, 6.45) is 2.34. The maximum Gasteiger partial charge on any atom is 0.296 e. The van der Waals surface area contributed by atoms with E-state index >= 15 is 4.39 Å². The average molecular weight is 648 g/mol. The molecule has 0 aliphatic carbocycles. The summed E-state index contributed by atoms with van der Waals surface area (Å²) in [4.78, 5) is 0. The lowest BCUT2D eigenvalue weighted by Gasteiger charge is -2.20. The van der Waals surface area contributed by atoms with E-state index in [1.807, 2.05) is 12.1 Å². The Labute approximate surface area is 291 Å². The first kappa shape index (κ1) is 30.0.